The minimum atomic E-state index is 0.148. The Labute approximate surface area is 71.5 Å². The van der Waals surface area contributed by atoms with Crippen LogP contribution >= 0.6 is 11.3 Å². The molecule has 0 saturated carbocycles. The molecule has 1 aromatic rings. The van der Waals surface area contributed by atoms with E-state index >= 15 is 0 Å². The molecule has 0 saturated heterocycles. The van der Waals surface area contributed by atoms with Crippen molar-refractivity contribution in [2.45, 2.75) is 25.7 Å². The van der Waals surface area contributed by atoms with Gasteiger partial charge >= 0.3 is 0 Å². The van der Waals surface area contributed by atoms with Crippen molar-refractivity contribution in [1.82, 2.24) is 4.98 Å². The van der Waals surface area contributed by atoms with Crippen molar-refractivity contribution in [2.75, 3.05) is 6.54 Å². The van der Waals surface area contributed by atoms with Crippen molar-refractivity contribution in [3.8, 4) is 0 Å². The van der Waals surface area contributed by atoms with Gasteiger partial charge in [-0.1, -0.05) is 13.8 Å². The predicted octanol–water partition coefficient (Wildman–Crippen LogP) is 1.77. The summed E-state index contributed by atoms with van der Waals surface area (Å²) in [6.45, 7) is 5.08. The molecule has 0 aliphatic carbocycles. The van der Waals surface area contributed by atoms with Crippen LogP contribution in [0.4, 0.5) is 0 Å². The van der Waals surface area contributed by atoms with Gasteiger partial charge in [0.05, 0.1) is 11.2 Å². The molecule has 62 valence electrons. The molecule has 1 aromatic heterocycles. The molecule has 0 aliphatic rings. The second kappa shape index (κ2) is 3.32. The van der Waals surface area contributed by atoms with E-state index in [0.717, 1.165) is 18.7 Å². The first-order valence-corrected chi connectivity index (χ1v) is 4.70. The highest BCUT2D eigenvalue weighted by Gasteiger charge is 2.20. The number of hydrogen-bond acceptors (Lipinski definition) is 3. The van der Waals surface area contributed by atoms with Crippen LogP contribution in [0.3, 0.4) is 0 Å². The summed E-state index contributed by atoms with van der Waals surface area (Å²) in [5.74, 6) is 0. The molecule has 0 fully saturated rings. The van der Waals surface area contributed by atoms with Gasteiger partial charge in [0.25, 0.3) is 0 Å². The van der Waals surface area contributed by atoms with Crippen molar-refractivity contribution in [1.29, 1.82) is 0 Å². The van der Waals surface area contributed by atoms with Gasteiger partial charge < -0.3 is 5.73 Å². The van der Waals surface area contributed by atoms with E-state index in [2.05, 4.69) is 24.2 Å². The molecule has 0 aliphatic heterocycles. The number of thiazole rings is 1. The van der Waals surface area contributed by atoms with Crippen molar-refractivity contribution in [3.05, 3.63) is 16.6 Å². The SMILES string of the molecule is CC(C)(CCN)c1cscn1. The van der Waals surface area contributed by atoms with E-state index in [4.69, 9.17) is 5.73 Å². The Kier molecular flexibility index (Phi) is 2.62. The molecule has 0 unspecified atom stereocenters. The largest absolute Gasteiger partial charge is 0.330 e. The van der Waals surface area contributed by atoms with Crippen LogP contribution < -0.4 is 5.73 Å². The highest BCUT2D eigenvalue weighted by molar-refractivity contribution is 7.07. The van der Waals surface area contributed by atoms with Gasteiger partial charge in [0.2, 0.25) is 0 Å². The van der Waals surface area contributed by atoms with Crippen LogP contribution in [0.5, 0.6) is 0 Å². The summed E-state index contributed by atoms with van der Waals surface area (Å²) in [6, 6.07) is 0. The zero-order chi connectivity index (χ0) is 8.32. The number of nitrogens with zero attached hydrogens (tertiary/aromatic N) is 1. The highest BCUT2D eigenvalue weighted by Crippen LogP contribution is 2.25. The average molecular weight is 170 g/mol. The number of rotatable bonds is 3. The fraction of sp³-hybridized carbons (Fsp3) is 0.625. The van der Waals surface area contributed by atoms with E-state index in [1.54, 1.807) is 11.3 Å². The molecule has 1 rings (SSSR count). The molecule has 11 heavy (non-hydrogen) atoms. The Morgan fingerprint density at radius 1 is 1.64 bits per heavy atom. The van der Waals surface area contributed by atoms with Gasteiger partial charge in [0.1, 0.15) is 0 Å². The van der Waals surface area contributed by atoms with Crippen LogP contribution in [-0.4, -0.2) is 11.5 Å². The molecular weight excluding hydrogens is 156 g/mol. The molecular formula is C8H14N2S. The third-order valence-electron chi connectivity index (χ3n) is 1.90. The predicted molar refractivity (Wildman–Crippen MR) is 48.8 cm³/mol. The van der Waals surface area contributed by atoms with Gasteiger partial charge in [-0.2, -0.15) is 0 Å². The van der Waals surface area contributed by atoms with E-state index in [1.165, 1.54) is 0 Å². The summed E-state index contributed by atoms with van der Waals surface area (Å²) in [6.07, 6.45) is 0.997. The summed E-state index contributed by atoms with van der Waals surface area (Å²) in [5, 5.41) is 2.09. The normalized spacial score (nSPS) is 11.9. The van der Waals surface area contributed by atoms with Crippen LogP contribution in [0, 0.1) is 0 Å². The lowest BCUT2D eigenvalue weighted by atomic mass is 9.86. The Balaban J connectivity index is 2.73. The monoisotopic (exact) mass is 170 g/mol. The van der Waals surface area contributed by atoms with E-state index in [0.29, 0.717) is 0 Å². The first-order valence-electron chi connectivity index (χ1n) is 3.75. The summed E-state index contributed by atoms with van der Waals surface area (Å²) < 4.78 is 0. The number of hydrogen-bond donors (Lipinski definition) is 1. The van der Waals surface area contributed by atoms with Gasteiger partial charge in [-0.3, -0.25) is 0 Å². The number of aromatic nitrogens is 1. The lowest BCUT2D eigenvalue weighted by Gasteiger charge is -2.20. The zero-order valence-electron chi connectivity index (χ0n) is 7.00. The smallest absolute Gasteiger partial charge is 0.0794 e. The first kappa shape index (κ1) is 8.68. The Bertz CT molecular complexity index is 204. The van der Waals surface area contributed by atoms with Gasteiger partial charge in [0.15, 0.2) is 0 Å². The summed E-state index contributed by atoms with van der Waals surface area (Å²) in [5.41, 5.74) is 8.67. The van der Waals surface area contributed by atoms with Crippen LogP contribution in [0.25, 0.3) is 0 Å². The minimum Gasteiger partial charge on any atom is -0.330 e. The van der Waals surface area contributed by atoms with Gasteiger partial charge in [-0.05, 0) is 13.0 Å². The fourth-order valence-corrected chi connectivity index (χ4v) is 1.78. The molecule has 1 heterocycles. The first-order chi connectivity index (χ1) is 5.17. The van der Waals surface area contributed by atoms with E-state index in [-0.39, 0.29) is 5.41 Å². The summed E-state index contributed by atoms with van der Waals surface area (Å²) >= 11 is 1.64. The van der Waals surface area contributed by atoms with Crippen molar-refractivity contribution in [3.63, 3.8) is 0 Å². The van der Waals surface area contributed by atoms with Gasteiger partial charge in [-0.15, -0.1) is 11.3 Å². The third-order valence-corrected chi connectivity index (χ3v) is 2.48. The number of nitrogens with two attached hydrogens (primary N) is 1. The second-order valence-corrected chi connectivity index (χ2v) is 4.01. The zero-order valence-corrected chi connectivity index (χ0v) is 7.82. The summed E-state index contributed by atoms with van der Waals surface area (Å²) in [4.78, 5) is 4.27. The van der Waals surface area contributed by atoms with Crippen LogP contribution in [-0.2, 0) is 5.41 Å². The quantitative estimate of drug-likeness (QED) is 0.751. The molecule has 2 nitrogen and oxygen atoms in total. The molecule has 0 atom stereocenters. The molecule has 0 aromatic carbocycles. The molecule has 0 radical (unpaired) electrons. The topological polar surface area (TPSA) is 38.9 Å². The molecule has 0 spiro atoms. The second-order valence-electron chi connectivity index (χ2n) is 3.30. The van der Waals surface area contributed by atoms with Crippen molar-refractivity contribution >= 4 is 11.3 Å². The molecule has 0 amide bonds. The summed E-state index contributed by atoms with van der Waals surface area (Å²) in [7, 11) is 0. The third kappa shape index (κ3) is 2.01. The lowest BCUT2D eigenvalue weighted by molar-refractivity contribution is 0.476. The Hall–Kier alpha value is -0.410. The Morgan fingerprint density at radius 2 is 2.36 bits per heavy atom. The maximum atomic E-state index is 5.50. The van der Waals surface area contributed by atoms with Crippen molar-refractivity contribution < 1.29 is 0 Å². The maximum absolute atomic E-state index is 5.50. The van der Waals surface area contributed by atoms with Crippen LogP contribution in [0.2, 0.25) is 0 Å². The minimum absolute atomic E-state index is 0.148. The average Bonchev–Trinajstić information content (AvgIpc) is 2.37. The standard InChI is InChI=1S/C8H14N2S/c1-8(2,3-4-9)7-5-11-6-10-7/h5-6H,3-4,9H2,1-2H3. The van der Waals surface area contributed by atoms with Gasteiger partial charge in [0, 0.05) is 10.8 Å². The van der Waals surface area contributed by atoms with Crippen LogP contribution in [0.15, 0.2) is 10.9 Å². The van der Waals surface area contributed by atoms with E-state index in [9.17, 15) is 0 Å². The lowest BCUT2D eigenvalue weighted by Crippen LogP contribution is -2.21. The molecule has 2 N–H and O–H groups in total. The van der Waals surface area contributed by atoms with Gasteiger partial charge in [-0.25, -0.2) is 4.98 Å². The van der Waals surface area contributed by atoms with E-state index < -0.39 is 0 Å². The van der Waals surface area contributed by atoms with Crippen LogP contribution in [0.1, 0.15) is 26.0 Å². The fourth-order valence-electron chi connectivity index (χ4n) is 1.04. The van der Waals surface area contributed by atoms with E-state index in [1.807, 2.05) is 5.51 Å². The van der Waals surface area contributed by atoms with Crippen molar-refractivity contribution in [2.24, 2.45) is 5.73 Å². The highest BCUT2D eigenvalue weighted by atomic mass is 32.1. The maximum Gasteiger partial charge on any atom is 0.0794 e. The molecule has 0 bridgehead atoms. The molecule has 3 heteroatoms. The Morgan fingerprint density at radius 3 is 2.82 bits per heavy atom.